The highest BCUT2D eigenvalue weighted by atomic mass is 32.1. The van der Waals surface area contributed by atoms with E-state index in [2.05, 4.69) is 10.2 Å². The van der Waals surface area contributed by atoms with Crippen molar-refractivity contribution >= 4 is 33.7 Å². The number of hydrogen-bond donors (Lipinski definition) is 0. The minimum atomic E-state index is -0.307. The van der Waals surface area contributed by atoms with Crippen molar-refractivity contribution in [3.05, 3.63) is 52.5 Å². The van der Waals surface area contributed by atoms with Crippen LogP contribution in [-0.4, -0.2) is 36.4 Å². The number of halogens is 1. The highest BCUT2D eigenvalue weighted by Crippen LogP contribution is 2.30. The third-order valence-corrected chi connectivity index (χ3v) is 5.09. The van der Waals surface area contributed by atoms with E-state index < -0.39 is 0 Å². The van der Waals surface area contributed by atoms with Crippen LogP contribution in [0.4, 0.5) is 9.52 Å². The van der Waals surface area contributed by atoms with Crippen molar-refractivity contribution in [1.29, 1.82) is 0 Å². The number of carbonyl (C=O) groups excluding carboxylic acids is 1. The van der Waals surface area contributed by atoms with Crippen LogP contribution in [0.2, 0.25) is 0 Å². The number of anilines is 1. The van der Waals surface area contributed by atoms with Crippen LogP contribution in [0.25, 0.3) is 10.6 Å². The van der Waals surface area contributed by atoms with Gasteiger partial charge in [0.05, 0.1) is 18.0 Å². The maximum Gasteiger partial charge on any atom is 0.270 e. The Morgan fingerprint density at radius 3 is 2.71 bits per heavy atom. The summed E-state index contributed by atoms with van der Waals surface area (Å²) >= 11 is 2.66. The third kappa shape index (κ3) is 3.66. The van der Waals surface area contributed by atoms with Crippen LogP contribution in [-0.2, 0) is 4.74 Å². The number of nitrogens with zero attached hydrogens (tertiary/aromatic N) is 3. The van der Waals surface area contributed by atoms with Crippen LogP contribution in [0.1, 0.15) is 9.67 Å². The molecule has 0 aliphatic heterocycles. The summed E-state index contributed by atoms with van der Waals surface area (Å²) in [5.74, 6) is -0.443. The molecule has 0 atom stereocenters. The monoisotopic (exact) mass is 363 g/mol. The van der Waals surface area contributed by atoms with Crippen molar-refractivity contribution in [2.45, 2.75) is 0 Å². The SMILES string of the molecule is COCCN(C(=O)c1cccs1)c1nnc(-c2ccc(F)cc2)s1. The molecule has 0 aliphatic carbocycles. The molecule has 2 aromatic heterocycles. The third-order valence-electron chi connectivity index (χ3n) is 3.23. The molecular formula is C16H14FN3O2S2. The number of carbonyl (C=O) groups is 1. The lowest BCUT2D eigenvalue weighted by molar-refractivity contribution is 0.0979. The van der Waals surface area contributed by atoms with Gasteiger partial charge in [0.15, 0.2) is 0 Å². The molecule has 124 valence electrons. The number of hydrogen-bond acceptors (Lipinski definition) is 6. The summed E-state index contributed by atoms with van der Waals surface area (Å²) in [4.78, 5) is 14.9. The first-order chi connectivity index (χ1) is 11.7. The van der Waals surface area contributed by atoms with Crippen LogP contribution >= 0.6 is 22.7 Å². The summed E-state index contributed by atoms with van der Waals surface area (Å²) in [6, 6.07) is 9.62. The van der Waals surface area contributed by atoms with Gasteiger partial charge in [-0.15, -0.1) is 21.5 Å². The number of rotatable bonds is 6. The Morgan fingerprint density at radius 1 is 1.25 bits per heavy atom. The number of amides is 1. The molecule has 8 heteroatoms. The molecule has 3 aromatic rings. The number of methoxy groups -OCH3 is 1. The molecule has 24 heavy (non-hydrogen) atoms. The first kappa shape index (κ1) is 16.7. The zero-order chi connectivity index (χ0) is 16.9. The van der Waals surface area contributed by atoms with E-state index in [1.54, 1.807) is 30.2 Å². The second-order valence-corrected chi connectivity index (χ2v) is 6.73. The zero-order valence-electron chi connectivity index (χ0n) is 12.8. The Kier molecular flexibility index (Phi) is 5.29. The molecular weight excluding hydrogens is 349 g/mol. The lowest BCUT2D eigenvalue weighted by Crippen LogP contribution is -2.33. The van der Waals surface area contributed by atoms with Gasteiger partial charge in [0.1, 0.15) is 10.8 Å². The van der Waals surface area contributed by atoms with E-state index >= 15 is 0 Å². The zero-order valence-corrected chi connectivity index (χ0v) is 14.4. The van der Waals surface area contributed by atoms with Gasteiger partial charge in [-0.05, 0) is 35.7 Å². The lowest BCUT2D eigenvalue weighted by Gasteiger charge is -2.17. The molecule has 5 nitrogen and oxygen atoms in total. The Balaban J connectivity index is 1.88. The fourth-order valence-corrected chi connectivity index (χ4v) is 3.58. The second-order valence-electron chi connectivity index (χ2n) is 4.82. The Hall–Kier alpha value is -2.16. The highest BCUT2D eigenvalue weighted by Gasteiger charge is 2.22. The van der Waals surface area contributed by atoms with E-state index in [9.17, 15) is 9.18 Å². The van der Waals surface area contributed by atoms with Crippen molar-refractivity contribution in [1.82, 2.24) is 10.2 Å². The fraction of sp³-hybridized carbons (Fsp3) is 0.188. The Labute approximate surface area is 146 Å². The van der Waals surface area contributed by atoms with Gasteiger partial charge in [0.2, 0.25) is 5.13 Å². The van der Waals surface area contributed by atoms with Gasteiger partial charge in [0.25, 0.3) is 5.91 Å². The van der Waals surface area contributed by atoms with Crippen LogP contribution in [0.5, 0.6) is 0 Å². The molecule has 0 fully saturated rings. The van der Waals surface area contributed by atoms with Gasteiger partial charge in [0, 0.05) is 12.7 Å². The summed E-state index contributed by atoms with van der Waals surface area (Å²) in [6.45, 7) is 0.772. The molecule has 1 aromatic carbocycles. The van der Waals surface area contributed by atoms with E-state index in [1.165, 1.54) is 34.8 Å². The Bertz CT molecular complexity index is 803. The highest BCUT2D eigenvalue weighted by molar-refractivity contribution is 7.18. The lowest BCUT2D eigenvalue weighted by atomic mass is 10.2. The number of benzene rings is 1. The van der Waals surface area contributed by atoms with Gasteiger partial charge < -0.3 is 4.74 Å². The van der Waals surface area contributed by atoms with E-state index in [4.69, 9.17) is 4.74 Å². The predicted octanol–water partition coefficient (Wildman–Crippen LogP) is 3.70. The van der Waals surface area contributed by atoms with E-state index in [0.29, 0.717) is 28.2 Å². The number of aromatic nitrogens is 2. The number of thiophene rings is 1. The average molecular weight is 363 g/mol. The summed E-state index contributed by atoms with van der Waals surface area (Å²) in [5.41, 5.74) is 0.760. The molecule has 0 radical (unpaired) electrons. The van der Waals surface area contributed by atoms with E-state index in [0.717, 1.165) is 5.56 Å². The van der Waals surface area contributed by atoms with Gasteiger partial charge in [-0.3, -0.25) is 9.69 Å². The van der Waals surface area contributed by atoms with Crippen molar-refractivity contribution in [2.75, 3.05) is 25.2 Å². The standard InChI is InChI=1S/C16H14FN3O2S2/c1-22-9-8-20(15(21)13-3-2-10-23-13)16-19-18-14(24-16)11-4-6-12(17)7-5-11/h2-7,10H,8-9H2,1H3. The summed E-state index contributed by atoms with van der Waals surface area (Å²) < 4.78 is 18.1. The van der Waals surface area contributed by atoms with E-state index in [-0.39, 0.29) is 11.7 Å². The summed E-state index contributed by atoms with van der Waals surface area (Å²) in [7, 11) is 1.58. The smallest absolute Gasteiger partial charge is 0.270 e. The topological polar surface area (TPSA) is 55.3 Å². The van der Waals surface area contributed by atoms with Crippen molar-refractivity contribution < 1.29 is 13.9 Å². The van der Waals surface area contributed by atoms with Crippen molar-refractivity contribution in [3.63, 3.8) is 0 Å². The minimum absolute atomic E-state index is 0.135. The average Bonchev–Trinajstić information content (AvgIpc) is 3.28. The summed E-state index contributed by atoms with van der Waals surface area (Å²) in [5, 5.41) is 11.2. The molecule has 2 heterocycles. The first-order valence-corrected chi connectivity index (χ1v) is 8.82. The molecule has 0 aliphatic rings. The van der Waals surface area contributed by atoms with Gasteiger partial charge in [-0.1, -0.05) is 17.4 Å². The summed E-state index contributed by atoms with van der Waals surface area (Å²) in [6.07, 6.45) is 0. The molecule has 0 spiro atoms. The van der Waals surface area contributed by atoms with Crippen LogP contribution in [0.3, 0.4) is 0 Å². The second kappa shape index (κ2) is 7.61. The quantitative estimate of drug-likeness (QED) is 0.670. The first-order valence-electron chi connectivity index (χ1n) is 7.13. The normalized spacial score (nSPS) is 10.8. The van der Waals surface area contributed by atoms with Crippen LogP contribution in [0, 0.1) is 5.82 Å². The molecule has 0 unspecified atom stereocenters. The molecule has 0 N–H and O–H groups in total. The van der Waals surface area contributed by atoms with Crippen LogP contribution in [0.15, 0.2) is 41.8 Å². The van der Waals surface area contributed by atoms with E-state index in [1.807, 2.05) is 11.4 Å². The van der Waals surface area contributed by atoms with Crippen molar-refractivity contribution in [3.8, 4) is 10.6 Å². The molecule has 0 bridgehead atoms. The molecule has 3 rings (SSSR count). The maximum atomic E-state index is 13.0. The molecule has 0 saturated heterocycles. The number of ether oxygens (including phenoxy) is 1. The van der Waals surface area contributed by atoms with Crippen LogP contribution < -0.4 is 4.90 Å². The largest absolute Gasteiger partial charge is 0.383 e. The van der Waals surface area contributed by atoms with Gasteiger partial charge >= 0.3 is 0 Å². The van der Waals surface area contributed by atoms with Gasteiger partial charge in [-0.25, -0.2) is 4.39 Å². The fourth-order valence-electron chi connectivity index (χ4n) is 2.03. The minimum Gasteiger partial charge on any atom is -0.383 e. The predicted molar refractivity (Wildman–Crippen MR) is 93.2 cm³/mol. The Morgan fingerprint density at radius 2 is 2.04 bits per heavy atom. The molecule has 0 saturated carbocycles. The van der Waals surface area contributed by atoms with Gasteiger partial charge in [-0.2, -0.15) is 0 Å². The maximum absolute atomic E-state index is 13.0. The molecule has 1 amide bonds. The van der Waals surface area contributed by atoms with Crippen molar-refractivity contribution in [2.24, 2.45) is 0 Å².